The fraction of sp³-hybridized carbons (Fsp3) is 0.409. The van der Waals surface area contributed by atoms with Gasteiger partial charge in [0.25, 0.3) is 5.91 Å². The van der Waals surface area contributed by atoms with Crippen molar-refractivity contribution in [1.82, 2.24) is 4.31 Å². The first-order valence-electron chi connectivity index (χ1n) is 10.0. The van der Waals surface area contributed by atoms with Crippen LogP contribution < -0.4 is 14.8 Å². The van der Waals surface area contributed by atoms with Gasteiger partial charge in [0.05, 0.1) is 20.3 Å². The monoisotopic (exact) mass is 448 g/mol. The van der Waals surface area contributed by atoms with Crippen LogP contribution in [0.2, 0.25) is 0 Å². The molecule has 0 aliphatic carbocycles. The summed E-state index contributed by atoms with van der Waals surface area (Å²) in [5, 5.41) is 2.74. The summed E-state index contributed by atoms with van der Waals surface area (Å²) in [6.45, 7) is 6.76. The first kappa shape index (κ1) is 23.1. The topological polar surface area (TPSA) is 94.2 Å². The number of carbonyl (C=O) groups is 1. The predicted molar refractivity (Wildman–Crippen MR) is 117 cm³/mol. The van der Waals surface area contributed by atoms with Crippen LogP contribution in [0.4, 0.5) is 5.69 Å². The molecule has 0 radical (unpaired) electrons. The summed E-state index contributed by atoms with van der Waals surface area (Å²) < 4.78 is 43.9. The number of hydrogen-bond acceptors (Lipinski definition) is 6. The smallest absolute Gasteiger partial charge is 0.265 e. The van der Waals surface area contributed by atoms with E-state index in [9.17, 15) is 13.2 Å². The molecule has 1 unspecified atom stereocenters. The number of amides is 1. The number of ether oxygens (including phenoxy) is 3. The van der Waals surface area contributed by atoms with Crippen molar-refractivity contribution in [2.45, 2.75) is 31.8 Å². The zero-order valence-corrected chi connectivity index (χ0v) is 19.0. The highest BCUT2D eigenvalue weighted by atomic mass is 32.2. The number of nitrogens with zero attached hydrogens (tertiary/aromatic N) is 1. The molecule has 9 heteroatoms. The van der Waals surface area contributed by atoms with Gasteiger partial charge < -0.3 is 19.5 Å². The molecule has 1 fully saturated rings. The Morgan fingerprint density at radius 1 is 1.13 bits per heavy atom. The maximum atomic E-state index is 13.1. The average molecular weight is 449 g/mol. The van der Waals surface area contributed by atoms with Crippen molar-refractivity contribution in [2.75, 3.05) is 38.7 Å². The van der Waals surface area contributed by atoms with E-state index in [1.54, 1.807) is 13.0 Å². The normalized spacial score (nSPS) is 15.9. The molecule has 1 amide bonds. The number of benzene rings is 2. The number of anilines is 1. The molecule has 1 saturated heterocycles. The van der Waals surface area contributed by atoms with Crippen LogP contribution in [0.3, 0.4) is 0 Å². The maximum Gasteiger partial charge on any atom is 0.265 e. The van der Waals surface area contributed by atoms with Gasteiger partial charge in [0.15, 0.2) is 6.10 Å². The quantitative estimate of drug-likeness (QED) is 0.700. The molecule has 2 aromatic carbocycles. The van der Waals surface area contributed by atoms with Crippen molar-refractivity contribution < 1.29 is 27.4 Å². The predicted octanol–water partition coefficient (Wildman–Crippen LogP) is 2.74. The zero-order valence-electron chi connectivity index (χ0n) is 18.2. The molecule has 168 valence electrons. The van der Waals surface area contributed by atoms with Gasteiger partial charge in [-0.1, -0.05) is 12.1 Å². The Morgan fingerprint density at radius 3 is 2.52 bits per heavy atom. The van der Waals surface area contributed by atoms with Gasteiger partial charge in [-0.25, -0.2) is 8.42 Å². The summed E-state index contributed by atoms with van der Waals surface area (Å²) in [7, 11) is -2.39. The largest absolute Gasteiger partial charge is 0.495 e. The van der Waals surface area contributed by atoms with E-state index in [4.69, 9.17) is 14.2 Å². The number of aryl methyl sites for hydroxylation is 1. The Bertz CT molecular complexity index is 1050. The Hall–Kier alpha value is -2.62. The lowest BCUT2D eigenvalue weighted by Crippen LogP contribution is -2.40. The third kappa shape index (κ3) is 5.17. The van der Waals surface area contributed by atoms with Crippen LogP contribution in [-0.4, -0.2) is 58.1 Å². The highest BCUT2D eigenvalue weighted by Gasteiger charge is 2.30. The lowest BCUT2D eigenvalue weighted by atomic mass is 10.1. The molecule has 1 atom stereocenters. The molecular formula is C22H28N2O6S. The van der Waals surface area contributed by atoms with E-state index in [2.05, 4.69) is 5.32 Å². The molecule has 8 nitrogen and oxygen atoms in total. The summed E-state index contributed by atoms with van der Waals surface area (Å²) >= 11 is 0. The molecule has 0 bridgehead atoms. The lowest BCUT2D eigenvalue weighted by Gasteiger charge is -2.27. The minimum absolute atomic E-state index is 0.00204. The van der Waals surface area contributed by atoms with Crippen LogP contribution in [0.25, 0.3) is 0 Å². The molecule has 2 aromatic rings. The summed E-state index contributed by atoms with van der Waals surface area (Å²) in [5.74, 6) is 0.456. The van der Waals surface area contributed by atoms with Gasteiger partial charge in [-0.15, -0.1) is 0 Å². The number of morpholine rings is 1. The molecule has 3 rings (SSSR count). The van der Waals surface area contributed by atoms with E-state index in [1.165, 1.54) is 23.5 Å². The SMILES string of the molecule is COc1ccc(NC(=O)C(C)Oc2cccc(C)c2C)cc1S(=O)(=O)N1CCOCC1. The van der Waals surface area contributed by atoms with Gasteiger partial charge >= 0.3 is 0 Å². The van der Waals surface area contributed by atoms with E-state index in [1.807, 2.05) is 32.0 Å². The van der Waals surface area contributed by atoms with Gasteiger partial charge in [0.2, 0.25) is 10.0 Å². The lowest BCUT2D eigenvalue weighted by molar-refractivity contribution is -0.122. The van der Waals surface area contributed by atoms with Gasteiger partial charge in [-0.3, -0.25) is 4.79 Å². The van der Waals surface area contributed by atoms with Crippen molar-refractivity contribution in [1.29, 1.82) is 0 Å². The average Bonchev–Trinajstić information content (AvgIpc) is 2.77. The molecular weight excluding hydrogens is 420 g/mol. The van der Waals surface area contributed by atoms with Crippen LogP contribution in [0.15, 0.2) is 41.3 Å². The first-order valence-corrected chi connectivity index (χ1v) is 11.5. The van der Waals surface area contributed by atoms with E-state index in [-0.39, 0.29) is 29.6 Å². The highest BCUT2D eigenvalue weighted by Crippen LogP contribution is 2.30. The van der Waals surface area contributed by atoms with Crippen LogP contribution in [-0.2, 0) is 19.6 Å². The number of nitrogens with one attached hydrogen (secondary N) is 1. The number of sulfonamides is 1. The zero-order chi connectivity index (χ0) is 22.6. The highest BCUT2D eigenvalue weighted by molar-refractivity contribution is 7.89. The minimum atomic E-state index is -3.80. The fourth-order valence-corrected chi connectivity index (χ4v) is 4.81. The third-order valence-corrected chi connectivity index (χ3v) is 7.17. The summed E-state index contributed by atoms with van der Waals surface area (Å²) in [6.07, 6.45) is -0.776. The van der Waals surface area contributed by atoms with Crippen molar-refractivity contribution >= 4 is 21.6 Å². The summed E-state index contributed by atoms with van der Waals surface area (Å²) in [6, 6.07) is 10.2. The fourth-order valence-electron chi connectivity index (χ4n) is 3.22. The molecule has 1 aliphatic rings. The van der Waals surface area contributed by atoms with Gasteiger partial charge in [0.1, 0.15) is 16.4 Å². The molecule has 0 spiro atoms. The van der Waals surface area contributed by atoms with Crippen LogP contribution in [0.5, 0.6) is 11.5 Å². The molecule has 1 heterocycles. The Balaban J connectivity index is 1.79. The molecule has 0 aromatic heterocycles. The minimum Gasteiger partial charge on any atom is -0.495 e. The Morgan fingerprint density at radius 2 is 1.84 bits per heavy atom. The second kappa shape index (κ2) is 9.67. The van der Waals surface area contributed by atoms with Crippen LogP contribution in [0, 0.1) is 13.8 Å². The number of methoxy groups -OCH3 is 1. The van der Waals surface area contributed by atoms with Gasteiger partial charge in [0, 0.05) is 18.8 Å². The van der Waals surface area contributed by atoms with Crippen molar-refractivity contribution in [3.05, 3.63) is 47.5 Å². The van der Waals surface area contributed by atoms with Gasteiger partial charge in [-0.05, 0) is 56.2 Å². The van der Waals surface area contributed by atoms with Gasteiger partial charge in [-0.2, -0.15) is 4.31 Å². The van der Waals surface area contributed by atoms with Crippen molar-refractivity contribution in [3.63, 3.8) is 0 Å². The second-order valence-corrected chi connectivity index (χ2v) is 9.24. The number of hydrogen-bond donors (Lipinski definition) is 1. The number of rotatable bonds is 7. The van der Waals surface area contributed by atoms with Crippen molar-refractivity contribution in [2.24, 2.45) is 0 Å². The Labute approximate surface area is 183 Å². The van der Waals surface area contributed by atoms with E-state index >= 15 is 0 Å². The van der Waals surface area contributed by atoms with E-state index < -0.39 is 16.1 Å². The van der Waals surface area contributed by atoms with Crippen LogP contribution in [0.1, 0.15) is 18.1 Å². The molecule has 1 aliphatic heterocycles. The van der Waals surface area contributed by atoms with E-state index in [0.717, 1.165) is 11.1 Å². The third-order valence-electron chi connectivity index (χ3n) is 5.25. The summed E-state index contributed by atoms with van der Waals surface area (Å²) in [4.78, 5) is 12.7. The van der Waals surface area contributed by atoms with E-state index in [0.29, 0.717) is 24.7 Å². The molecule has 0 saturated carbocycles. The maximum absolute atomic E-state index is 13.1. The van der Waals surface area contributed by atoms with Crippen molar-refractivity contribution in [3.8, 4) is 11.5 Å². The molecule has 31 heavy (non-hydrogen) atoms. The first-order chi connectivity index (χ1) is 14.7. The number of carbonyl (C=O) groups excluding carboxylic acids is 1. The standard InChI is InChI=1S/C22H28N2O6S/c1-15-6-5-7-19(16(15)2)30-17(3)22(25)23-18-8-9-20(28-4)21(14-18)31(26,27)24-10-12-29-13-11-24/h5-9,14,17H,10-13H2,1-4H3,(H,23,25). The molecule has 1 N–H and O–H groups in total. The van der Waals surface area contributed by atoms with Crippen LogP contribution >= 0.6 is 0 Å². The second-order valence-electron chi connectivity index (χ2n) is 7.33. The summed E-state index contributed by atoms with van der Waals surface area (Å²) in [5.41, 5.74) is 2.37. The Kier molecular flexibility index (Phi) is 7.19.